The van der Waals surface area contributed by atoms with Gasteiger partial charge in [0.05, 0.1) is 30.4 Å². The van der Waals surface area contributed by atoms with Crippen LogP contribution in [0.2, 0.25) is 0 Å². The van der Waals surface area contributed by atoms with Gasteiger partial charge in [0.15, 0.2) is 0 Å². The lowest BCUT2D eigenvalue weighted by molar-refractivity contribution is -0.148. The summed E-state index contributed by atoms with van der Waals surface area (Å²) in [5.41, 5.74) is 6.40. The number of rotatable bonds is 9. The zero-order valence-electron chi connectivity index (χ0n) is 18.1. The van der Waals surface area contributed by atoms with Crippen molar-refractivity contribution in [3.05, 3.63) is 59.7 Å². The number of carbonyl (C=O) groups is 2. The monoisotopic (exact) mass is 424 g/mol. The summed E-state index contributed by atoms with van der Waals surface area (Å²) in [5.74, 6) is 0.110. The SMILES string of the molecule is CC(C)(C)C(N)C(=O)OCCCCOc1ccc(C(=O)Oc2ccc(C#N)cc2)cc1. The Morgan fingerprint density at radius 3 is 2.13 bits per heavy atom. The highest BCUT2D eigenvalue weighted by Crippen LogP contribution is 2.19. The van der Waals surface area contributed by atoms with Crippen LogP contribution in [0.4, 0.5) is 0 Å². The lowest BCUT2D eigenvalue weighted by Gasteiger charge is -2.24. The van der Waals surface area contributed by atoms with E-state index in [1.807, 2.05) is 26.8 Å². The Hall–Kier alpha value is -3.37. The fraction of sp³-hybridized carbons (Fsp3) is 0.375. The molecule has 2 N–H and O–H groups in total. The average Bonchev–Trinajstić information content (AvgIpc) is 2.75. The molecule has 1 unspecified atom stereocenters. The molecule has 0 amide bonds. The minimum absolute atomic E-state index is 0.298. The maximum Gasteiger partial charge on any atom is 0.343 e. The summed E-state index contributed by atoms with van der Waals surface area (Å²) in [4.78, 5) is 24.0. The molecule has 31 heavy (non-hydrogen) atoms. The number of nitrogens with two attached hydrogens (primary N) is 1. The standard InChI is InChI=1S/C24H28N2O5/c1-24(2,3)21(26)23(28)30-15-5-4-14-29-19-12-8-18(9-13-19)22(27)31-20-10-6-17(16-25)7-11-20/h6-13,21H,4-5,14-15,26H2,1-3H3. The molecule has 2 aromatic rings. The molecule has 2 aromatic carbocycles. The normalized spacial score (nSPS) is 11.8. The van der Waals surface area contributed by atoms with E-state index in [0.29, 0.717) is 48.7 Å². The first-order valence-corrected chi connectivity index (χ1v) is 10.1. The van der Waals surface area contributed by atoms with Gasteiger partial charge >= 0.3 is 11.9 Å². The summed E-state index contributed by atoms with van der Waals surface area (Å²) in [5, 5.41) is 8.79. The second-order valence-corrected chi connectivity index (χ2v) is 8.12. The molecular weight excluding hydrogens is 396 g/mol. The minimum atomic E-state index is -0.647. The van der Waals surface area contributed by atoms with Gasteiger partial charge in [0.2, 0.25) is 0 Å². The zero-order valence-corrected chi connectivity index (χ0v) is 18.1. The summed E-state index contributed by atoms with van der Waals surface area (Å²) in [7, 11) is 0. The summed E-state index contributed by atoms with van der Waals surface area (Å²) in [6.45, 7) is 6.43. The molecule has 0 bridgehead atoms. The van der Waals surface area contributed by atoms with Gasteiger partial charge in [-0.15, -0.1) is 0 Å². The lowest BCUT2D eigenvalue weighted by Crippen LogP contribution is -2.43. The van der Waals surface area contributed by atoms with Crippen LogP contribution in [0.3, 0.4) is 0 Å². The van der Waals surface area contributed by atoms with Crippen molar-refractivity contribution in [3.63, 3.8) is 0 Å². The molecule has 0 fully saturated rings. The van der Waals surface area contributed by atoms with Crippen LogP contribution in [0.15, 0.2) is 48.5 Å². The third-order valence-corrected chi connectivity index (χ3v) is 4.52. The molecule has 164 valence electrons. The molecular formula is C24H28N2O5. The van der Waals surface area contributed by atoms with Crippen LogP contribution >= 0.6 is 0 Å². The number of benzene rings is 2. The van der Waals surface area contributed by atoms with Crippen molar-refractivity contribution in [2.75, 3.05) is 13.2 Å². The molecule has 0 heterocycles. The molecule has 0 aliphatic carbocycles. The summed E-state index contributed by atoms with van der Waals surface area (Å²) in [6.07, 6.45) is 1.37. The van der Waals surface area contributed by atoms with Gasteiger partial charge in [-0.05, 0) is 66.8 Å². The Morgan fingerprint density at radius 2 is 1.55 bits per heavy atom. The van der Waals surface area contributed by atoms with Crippen LogP contribution in [-0.2, 0) is 9.53 Å². The number of nitrogens with zero attached hydrogens (tertiary/aromatic N) is 1. The van der Waals surface area contributed by atoms with Crippen LogP contribution < -0.4 is 15.2 Å². The van der Waals surface area contributed by atoms with Gasteiger partial charge in [0.25, 0.3) is 0 Å². The average molecular weight is 424 g/mol. The van der Waals surface area contributed by atoms with E-state index in [0.717, 1.165) is 0 Å². The smallest absolute Gasteiger partial charge is 0.343 e. The lowest BCUT2D eigenvalue weighted by atomic mass is 9.87. The third kappa shape index (κ3) is 7.76. The molecule has 0 saturated carbocycles. The first kappa shape index (κ1) is 23.9. The maximum absolute atomic E-state index is 12.2. The van der Waals surface area contributed by atoms with Crippen molar-refractivity contribution in [1.82, 2.24) is 0 Å². The first-order valence-electron chi connectivity index (χ1n) is 10.1. The van der Waals surface area contributed by atoms with Gasteiger partial charge in [0, 0.05) is 0 Å². The van der Waals surface area contributed by atoms with Crippen molar-refractivity contribution in [2.24, 2.45) is 11.1 Å². The number of unbranched alkanes of at least 4 members (excludes halogenated alkanes) is 1. The summed E-state index contributed by atoms with van der Waals surface area (Å²) < 4.78 is 16.1. The van der Waals surface area contributed by atoms with E-state index in [4.69, 9.17) is 25.2 Å². The molecule has 0 aliphatic heterocycles. The number of hydrogen-bond acceptors (Lipinski definition) is 7. The van der Waals surface area contributed by atoms with Crippen LogP contribution in [0.1, 0.15) is 49.5 Å². The van der Waals surface area contributed by atoms with Gasteiger partial charge in [-0.3, -0.25) is 4.79 Å². The van der Waals surface area contributed by atoms with Crippen molar-refractivity contribution >= 4 is 11.9 Å². The molecule has 0 spiro atoms. The fourth-order valence-electron chi connectivity index (χ4n) is 2.46. The molecule has 2 rings (SSSR count). The number of carbonyl (C=O) groups excluding carboxylic acids is 2. The number of nitriles is 1. The Morgan fingerprint density at radius 1 is 0.968 bits per heavy atom. The molecule has 0 saturated heterocycles. The minimum Gasteiger partial charge on any atom is -0.494 e. The van der Waals surface area contributed by atoms with Crippen molar-refractivity contribution < 1.29 is 23.8 Å². The summed E-state index contributed by atoms with van der Waals surface area (Å²) >= 11 is 0. The van der Waals surface area contributed by atoms with Crippen LogP contribution in [0.5, 0.6) is 11.5 Å². The Kier molecular flexibility index (Phi) is 8.59. The highest BCUT2D eigenvalue weighted by Gasteiger charge is 2.28. The predicted molar refractivity (Wildman–Crippen MR) is 116 cm³/mol. The highest BCUT2D eigenvalue weighted by molar-refractivity contribution is 5.91. The number of esters is 2. The van der Waals surface area contributed by atoms with E-state index in [9.17, 15) is 9.59 Å². The predicted octanol–water partition coefficient (Wildman–Crippen LogP) is 3.85. The van der Waals surface area contributed by atoms with E-state index >= 15 is 0 Å². The quantitative estimate of drug-likeness (QED) is 0.370. The van der Waals surface area contributed by atoms with Crippen molar-refractivity contribution in [2.45, 2.75) is 39.7 Å². The second kappa shape index (κ2) is 11.1. The fourth-order valence-corrected chi connectivity index (χ4v) is 2.46. The summed E-state index contributed by atoms with van der Waals surface area (Å²) in [6, 6.07) is 14.3. The molecule has 7 nitrogen and oxygen atoms in total. The van der Waals surface area contributed by atoms with Crippen molar-refractivity contribution in [1.29, 1.82) is 5.26 Å². The zero-order chi connectivity index (χ0) is 22.9. The van der Waals surface area contributed by atoms with Gasteiger partial charge in [-0.1, -0.05) is 20.8 Å². The van der Waals surface area contributed by atoms with E-state index < -0.39 is 18.0 Å². The molecule has 0 aliphatic rings. The third-order valence-electron chi connectivity index (χ3n) is 4.52. The Labute approximate surface area is 182 Å². The molecule has 0 aromatic heterocycles. The largest absolute Gasteiger partial charge is 0.494 e. The Bertz CT molecular complexity index is 909. The van der Waals surface area contributed by atoms with E-state index in [-0.39, 0.29) is 5.41 Å². The van der Waals surface area contributed by atoms with Crippen LogP contribution in [0.25, 0.3) is 0 Å². The van der Waals surface area contributed by atoms with Crippen LogP contribution in [-0.4, -0.2) is 31.2 Å². The number of hydrogen-bond donors (Lipinski definition) is 1. The molecule has 7 heteroatoms. The van der Waals surface area contributed by atoms with E-state index in [1.54, 1.807) is 48.5 Å². The highest BCUT2D eigenvalue weighted by atomic mass is 16.5. The van der Waals surface area contributed by atoms with Gasteiger partial charge < -0.3 is 19.9 Å². The van der Waals surface area contributed by atoms with E-state index in [1.165, 1.54) is 0 Å². The second-order valence-electron chi connectivity index (χ2n) is 8.12. The molecule has 0 radical (unpaired) electrons. The van der Waals surface area contributed by atoms with Gasteiger partial charge in [-0.25, -0.2) is 4.79 Å². The van der Waals surface area contributed by atoms with Crippen molar-refractivity contribution in [3.8, 4) is 17.6 Å². The first-order chi connectivity index (χ1) is 14.7. The maximum atomic E-state index is 12.2. The van der Waals surface area contributed by atoms with Gasteiger partial charge in [-0.2, -0.15) is 5.26 Å². The number of ether oxygens (including phenoxy) is 3. The molecule has 1 atom stereocenters. The van der Waals surface area contributed by atoms with Crippen LogP contribution in [0, 0.1) is 16.7 Å². The van der Waals surface area contributed by atoms with E-state index in [2.05, 4.69) is 0 Å². The van der Waals surface area contributed by atoms with Gasteiger partial charge in [0.1, 0.15) is 17.5 Å². The Balaban J connectivity index is 1.69. The topological polar surface area (TPSA) is 112 Å².